The lowest BCUT2D eigenvalue weighted by Crippen LogP contribution is -2.63. The average Bonchev–Trinajstić information content (AvgIpc) is 1.09. The first-order valence-corrected chi connectivity index (χ1v) is 38.8. The second kappa shape index (κ2) is 43.6. The fourth-order valence-corrected chi connectivity index (χ4v) is 14.0. The van der Waals surface area contributed by atoms with Gasteiger partial charge in [0.05, 0.1) is 25.9 Å². The molecule has 0 saturated carbocycles. The van der Waals surface area contributed by atoms with Gasteiger partial charge in [-0.25, -0.2) is 4.79 Å². The van der Waals surface area contributed by atoms with Crippen LogP contribution in [0, 0.1) is 41.4 Å². The average molecular weight is 1540 g/mol. The van der Waals surface area contributed by atoms with E-state index in [1.807, 2.05) is 91.8 Å². The van der Waals surface area contributed by atoms with Crippen molar-refractivity contribution in [3.05, 3.63) is 71.8 Å². The van der Waals surface area contributed by atoms with Gasteiger partial charge in [0.15, 0.2) is 0 Å². The minimum absolute atomic E-state index is 0.0277. The van der Waals surface area contributed by atoms with Crippen molar-refractivity contribution >= 4 is 77.0 Å². The molecule has 12 atom stereocenters. The Labute approximate surface area is 652 Å². The number of aliphatic hydroxyl groups excluding tert-OH is 1. The van der Waals surface area contributed by atoms with Crippen LogP contribution in [0.3, 0.4) is 0 Å². The molecule has 1 aliphatic carbocycles. The van der Waals surface area contributed by atoms with Crippen molar-refractivity contribution in [1.29, 1.82) is 0 Å². The lowest BCUT2D eigenvalue weighted by Gasteiger charge is -2.41. The van der Waals surface area contributed by atoms with Crippen molar-refractivity contribution in [1.82, 2.24) is 66.2 Å². The summed E-state index contributed by atoms with van der Waals surface area (Å²) in [5.41, 5.74) is 4.40. The zero-order valence-corrected chi connectivity index (χ0v) is 69.4. The topological polar surface area (TPSA) is 355 Å². The number of rotatable bonds is 24. The van der Waals surface area contributed by atoms with Crippen molar-refractivity contribution in [2.24, 2.45) is 41.4 Å². The molecule has 29 heteroatoms. The molecule has 1 saturated heterocycles. The number of alkyl carbamates (subject to hydrolysis) is 1. The standard InChI is InChI=1S/C81H129N13O16/c1-24-60-76(103)88(17)44-66(96)89(18)61(40-46(2)3)73(100)87-67(50(10)11)79(106)90(19)62(41-47(4)5)72(99)84-53(15)71(98)85-54(16)75(102)91(20)63(42-48(6)7)77(104)92(21)64(43-49(8)9)78(105)93(22)68(51(12)13)80(107)94(23)69(74(101)86-60)70(97)52(14)30-29-35-65(95)82-36-38-109-39-37-83-81(108)110-45-59-57-33-27-25-31-55(57)56-32-26-28-34-58(56)59/h25-29,31-35,46-54,59-64,67-70,97H,24,30,36-45H2,1-23H3,(H,82,95)(H,83,108)(H,84,99)(H,85,98)(H,86,101)(H,87,100)/t52-,53+,54-,60+,61+,62+,63+,64+,67+,68+,69+,70-/m1/s1. The number of allylic oxidation sites excluding steroid dienone is 1. The van der Waals surface area contributed by atoms with Crippen LogP contribution in [-0.2, 0) is 67.0 Å². The minimum Gasteiger partial charge on any atom is -0.449 e. The van der Waals surface area contributed by atoms with Crippen molar-refractivity contribution in [3.63, 3.8) is 0 Å². The number of carbonyl (C=O) groups excluding carboxylic acids is 13. The Balaban J connectivity index is 1.70. The van der Waals surface area contributed by atoms with Gasteiger partial charge in [0.25, 0.3) is 0 Å². The van der Waals surface area contributed by atoms with Gasteiger partial charge in [-0.05, 0) is 122 Å². The number of fused-ring (bicyclic) bond motifs is 3. The van der Waals surface area contributed by atoms with Gasteiger partial charge in [-0.1, -0.05) is 152 Å². The molecule has 0 aromatic heterocycles. The number of benzene rings is 2. The molecule has 2 aliphatic rings. The van der Waals surface area contributed by atoms with E-state index in [4.69, 9.17) is 9.47 Å². The summed E-state index contributed by atoms with van der Waals surface area (Å²) in [6.07, 6.45) is 0.773. The fraction of sp³-hybridized carbons (Fsp3) is 0.667. The number of nitrogens with zero attached hydrogens (tertiary/aromatic N) is 7. The largest absolute Gasteiger partial charge is 0.449 e. The Morgan fingerprint density at radius 3 is 1.47 bits per heavy atom. The summed E-state index contributed by atoms with van der Waals surface area (Å²) in [6, 6.07) is 3.01. The molecular weight excluding hydrogens is 1410 g/mol. The third kappa shape index (κ3) is 25.8. The van der Waals surface area contributed by atoms with Crippen LogP contribution in [0.15, 0.2) is 60.7 Å². The Morgan fingerprint density at radius 1 is 0.509 bits per heavy atom. The molecule has 7 N–H and O–H groups in total. The molecule has 614 valence electrons. The zero-order valence-electron chi connectivity index (χ0n) is 69.4. The van der Waals surface area contributed by atoms with E-state index in [-0.39, 0.29) is 101 Å². The van der Waals surface area contributed by atoms with Crippen LogP contribution in [0.4, 0.5) is 4.79 Å². The number of carbonyl (C=O) groups is 13. The molecule has 29 nitrogen and oxygen atoms in total. The van der Waals surface area contributed by atoms with Gasteiger partial charge in [-0.3, -0.25) is 57.5 Å². The molecule has 4 rings (SSSR count). The molecule has 0 radical (unpaired) electrons. The van der Waals surface area contributed by atoms with Crippen molar-refractivity contribution in [2.45, 2.75) is 222 Å². The lowest BCUT2D eigenvalue weighted by molar-refractivity contribution is -0.157. The van der Waals surface area contributed by atoms with E-state index in [0.29, 0.717) is 0 Å². The Kier molecular flexibility index (Phi) is 37.0. The van der Waals surface area contributed by atoms with E-state index < -0.39 is 168 Å². The highest BCUT2D eigenvalue weighted by atomic mass is 16.5. The molecular formula is C81H129N13O16. The number of hydrogen-bond acceptors (Lipinski definition) is 16. The zero-order chi connectivity index (χ0) is 83.0. The summed E-state index contributed by atoms with van der Waals surface area (Å²) >= 11 is 0. The maximum absolute atomic E-state index is 15.5. The number of hydrogen-bond donors (Lipinski definition) is 7. The van der Waals surface area contributed by atoms with E-state index in [2.05, 4.69) is 44.0 Å². The van der Waals surface area contributed by atoms with E-state index in [1.165, 1.54) is 99.8 Å². The lowest BCUT2D eigenvalue weighted by atomic mass is 9.91. The highest BCUT2D eigenvalue weighted by Gasteiger charge is 2.46. The molecule has 13 amide bonds. The minimum atomic E-state index is -1.79. The number of aliphatic hydroxyl groups is 1. The predicted octanol–water partition coefficient (Wildman–Crippen LogP) is 4.92. The molecule has 1 heterocycles. The SMILES string of the molecule is CC[C@@H]1NC(=O)[C@H]([C@H](O)[C@H](C)CC=CC(=O)NCCOCCNC(=O)OCC2c3ccccc3-c3ccccc32)N(C)C(=O)[C@H](C(C)C)N(C)C(=O)[C@H](CC(C)C)N(C)C(=O)[C@H](CC(C)C)N(C)C(=O)[C@@H](C)NC(=O)[C@H](C)NC(=O)[C@H](CC(C)C)N(C)C(=O)[C@H](C(C)C)NC(=O)[C@H](CC(C)C)N(C)C(=O)CN(C)C1=O. The van der Waals surface area contributed by atoms with Gasteiger partial charge in [-0.15, -0.1) is 0 Å². The van der Waals surface area contributed by atoms with Crippen molar-refractivity contribution in [3.8, 4) is 11.1 Å². The van der Waals surface area contributed by atoms with Crippen LogP contribution in [0.1, 0.15) is 166 Å². The summed E-state index contributed by atoms with van der Waals surface area (Å²) in [5.74, 6) is -11.5. The summed E-state index contributed by atoms with van der Waals surface area (Å²) in [5, 5.41) is 28.9. The smallest absolute Gasteiger partial charge is 0.407 e. The maximum atomic E-state index is 15.5. The molecule has 2 aromatic carbocycles. The Morgan fingerprint density at radius 2 is 0.964 bits per heavy atom. The third-order valence-electron chi connectivity index (χ3n) is 20.5. The van der Waals surface area contributed by atoms with Crippen LogP contribution in [-0.4, -0.2) is 272 Å². The second-order valence-corrected chi connectivity index (χ2v) is 32.1. The summed E-state index contributed by atoms with van der Waals surface area (Å²) < 4.78 is 11.3. The highest BCUT2D eigenvalue weighted by Crippen LogP contribution is 2.44. The van der Waals surface area contributed by atoms with Gasteiger partial charge in [0, 0.05) is 68.3 Å². The second-order valence-electron chi connectivity index (χ2n) is 32.1. The molecule has 0 spiro atoms. The summed E-state index contributed by atoms with van der Waals surface area (Å²) in [4.78, 5) is 196. The fourth-order valence-electron chi connectivity index (χ4n) is 14.0. The predicted molar refractivity (Wildman–Crippen MR) is 420 cm³/mol. The van der Waals surface area contributed by atoms with Gasteiger partial charge in [0.1, 0.15) is 67.0 Å². The first kappa shape index (κ1) is 93.4. The van der Waals surface area contributed by atoms with E-state index in [9.17, 15) is 48.3 Å². The van der Waals surface area contributed by atoms with E-state index in [0.717, 1.165) is 32.1 Å². The summed E-state index contributed by atoms with van der Waals surface area (Å²) in [7, 11) is 9.70. The maximum Gasteiger partial charge on any atom is 0.407 e. The van der Waals surface area contributed by atoms with E-state index >= 15 is 19.2 Å². The Hall–Kier alpha value is -8.99. The number of ether oxygens (including phenoxy) is 2. The van der Waals surface area contributed by atoms with E-state index in [1.54, 1.807) is 41.5 Å². The molecule has 1 fully saturated rings. The van der Waals surface area contributed by atoms with Crippen molar-refractivity contribution < 1.29 is 76.9 Å². The van der Waals surface area contributed by atoms with Gasteiger partial charge < -0.3 is 80.8 Å². The number of nitrogens with one attached hydrogen (secondary N) is 6. The van der Waals surface area contributed by atoms with Crippen LogP contribution < -0.4 is 31.9 Å². The number of likely N-dealkylation sites (N-methyl/N-ethyl adjacent to an activating group) is 7. The van der Waals surface area contributed by atoms with Crippen LogP contribution >= 0.6 is 0 Å². The summed E-state index contributed by atoms with van der Waals surface area (Å²) in [6.45, 7) is 27.6. The first-order valence-electron chi connectivity index (χ1n) is 38.8. The van der Waals surface area contributed by atoms with Gasteiger partial charge in [-0.2, -0.15) is 0 Å². The van der Waals surface area contributed by atoms with Gasteiger partial charge in [0.2, 0.25) is 70.9 Å². The molecule has 0 bridgehead atoms. The first-order chi connectivity index (χ1) is 51.5. The molecule has 1 aliphatic heterocycles. The van der Waals surface area contributed by atoms with Crippen LogP contribution in [0.2, 0.25) is 0 Å². The molecule has 0 unspecified atom stereocenters. The monoisotopic (exact) mass is 1540 g/mol. The third-order valence-corrected chi connectivity index (χ3v) is 20.5. The molecule has 110 heavy (non-hydrogen) atoms. The normalized spacial score (nSPS) is 23.7. The number of amides is 13. The highest BCUT2D eigenvalue weighted by molar-refractivity contribution is 6.00. The Bertz CT molecular complexity index is 3480. The van der Waals surface area contributed by atoms with Crippen LogP contribution in [0.25, 0.3) is 11.1 Å². The van der Waals surface area contributed by atoms with Crippen LogP contribution in [0.5, 0.6) is 0 Å². The molecule has 2 aromatic rings. The van der Waals surface area contributed by atoms with Crippen molar-refractivity contribution in [2.75, 3.05) is 88.8 Å². The van der Waals surface area contributed by atoms with Gasteiger partial charge >= 0.3 is 6.09 Å². The quantitative estimate of drug-likeness (QED) is 0.0542.